The van der Waals surface area contributed by atoms with Gasteiger partial charge in [0.1, 0.15) is 18.8 Å². The van der Waals surface area contributed by atoms with Crippen molar-refractivity contribution in [3.05, 3.63) is 73.4 Å². The highest BCUT2D eigenvalue weighted by Gasteiger charge is 2.39. The summed E-state index contributed by atoms with van der Waals surface area (Å²) in [6.45, 7) is 13.6. The molecule has 184 valence electrons. The Morgan fingerprint density at radius 1 is 0.735 bits per heavy atom. The first-order chi connectivity index (χ1) is 16.4. The second-order valence-electron chi connectivity index (χ2n) is 7.41. The van der Waals surface area contributed by atoms with E-state index in [0.29, 0.717) is 45.6 Å². The van der Waals surface area contributed by atoms with E-state index in [1.165, 1.54) is 28.4 Å². The van der Waals surface area contributed by atoms with Gasteiger partial charge in [-0.15, -0.1) is 6.58 Å². The number of benzene rings is 2. The molecule has 0 saturated heterocycles. The third-order valence-corrected chi connectivity index (χ3v) is 5.50. The summed E-state index contributed by atoms with van der Waals surface area (Å²) in [5, 5.41) is 12.2. The summed E-state index contributed by atoms with van der Waals surface area (Å²) >= 11 is 0. The second-order valence-corrected chi connectivity index (χ2v) is 7.41. The first kappa shape index (κ1) is 26.7. The summed E-state index contributed by atoms with van der Waals surface area (Å²) < 4.78 is 33.8. The van der Waals surface area contributed by atoms with Gasteiger partial charge in [0.05, 0.1) is 28.4 Å². The van der Waals surface area contributed by atoms with Crippen LogP contribution in [0.2, 0.25) is 0 Å². The van der Waals surface area contributed by atoms with E-state index in [0.717, 1.165) is 0 Å². The zero-order valence-electron chi connectivity index (χ0n) is 20.6. The molecule has 0 amide bonds. The zero-order chi connectivity index (χ0) is 25.3. The van der Waals surface area contributed by atoms with Gasteiger partial charge in [0.25, 0.3) is 0 Å². The van der Waals surface area contributed by atoms with Crippen LogP contribution in [-0.2, 0) is 5.60 Å². The van der Waals surface area contributed by atoms with Crippen molar-refractivity contribution in [2.75, 3.05) is 41.7 Å². The standard InChI is InChI=1S/C27H34O7/c1-9-12-33-25-21(29-5)14-19(15-22(25)30-6)27(28,18(4)11-3)20-16-23(31-7)26(34-13-10-2)24(17-20)32-8/h9-11,14-18,28H,1-3,12-13H2,4-8H3. The minimum absolute atomic E-state index is 0.264. The maximum Gasteiger partial charge on any atom is 0.203 e. The molecule has 0 spiro atoms. The molecule has 0 fully saturated rings. The predicted molar refractivity (Wildman–Crippen MR) is 133 cm³/mol. The fraction of sp³-hybridized carbons (Fsp3) is 0.333. The van der Waals surface area contributed by atoms with Crippen LogP contribution in [-0.4, -0.2) is 46.8 Å². The molecule has 1 unspecified atom stereocenters. The first-order valence-electron chi connectivity index (χ1n) is 10.7. The summed E-state index contributed by atoms with van der Waals surface area (Å²) in [6, 6.07) is 6.84. The maximum absolute atomic E-state index is 12.2. The van der Waals surface area contributed by atoms with Crippen molar-refractivity contribution in [1.82, 2.24) is 0 Å². The predicted octanol–water partition coefficient (Wildman–Crippen LogP) is 4.91. The van der Waals surface area contributed by atoms with Gasteiger partial charge in [0.15, 0.2) is 23.0 Å². The number of hydrogen-bond acceptors (Lipinski definition) is 7. The van der Waals surface area contributed by atoms with Gasteiger partial charge in [-0.25, -0.2) is 0 Å². The van der Waals surface area contributed by atoms with Gasteiger partial charge in [-0.2, -0.15) is 0 Å². The molecule has 0 aliphatic heterocycles. The Balaban J connectivity index is 2.82. The van der Waals surface area contributed by atoms with Crippen LogP contribution < -0.4 is 28.4 Å². The lowest BCUT2D eigenvalue weighted by atomic mass is 9.76. The van der Waals surface area contributed by atoms with Gasteiger partial charge < -0.3 is 33.5 Å². The lowest BCUT2D eigenvalue weighted by molar-refractivity contribution is 0.0425. The second kappa shape index (κ2) is 12.0. The number of methoxy groups -OCH3 is 4. The molecule has 0 aliphatic rings. The van der Waals surface area contributed by atoms with Crippen LogP contribution in [0.3, 0.4) is 0 Å². The van der Waals surface area contributed by atoms with Crippen LogP contribution in [0.5, 0.6) is 34.5 Å². The number of rotatable bonds is 14. The highest BCUT2D eigenvalue weighted by Crippen LogP contribution is 2.49. The van der Waals surface area contributed by atoms with E-state index in [4.69, 9.17) is 28.4 Å². The van der Waals surface area contributed by atoms with E-state index in [-0.39, 0.29) is 13.2 Å². The summed E-state index contributed by atoms with van der Waals surface area (Å²) in [5.41, 5.74) is -0.552. The zero-order valence-corrected chi connectivity index (χ0v) is 20.6. The lowest BCUT2D eigenvalue weighted by Crippen LogP contribution is -2.34. The van der Waals surface area contributed by atoms with Crippen LogP contribution in [0.4, 0.5) is 0 Å². The van der Waals surface area contributed by atoms with Crippen LogP contribution >= 0.6 is 0 Å². The normalized spacial score (nSPS) is 11.7. The Labute approximate surface area is 201 Å². The summed E-state index contributed by atoms with van der Waals surface area (Å²) in [5.74, 6) is 1.98. The topological polar surface area (TPSA) is 75.6 Å². The monoisotopic (exact) mass is 470 g/mol. The van der Waals surface area contributed by atoms with E-state index < -0.39 is 11.5 Å². The molecule has 0 saturated carbocycles. The molecule has 34 heavy (non-hydrogen) atoms. The summed E-state index contributed by atoms with van der Waals surface area (Å²) in [6.07, 6.45) is 4.91. The molecule has 2 aromatic carbocycles. The Bertz CT molecular complexity index is 891. The van der Waals surface area contributed by atoms with Crippen molar-refractivity contribution >= 4 is 0 Å². The molecule has 0 bridgehead atoms. The smallest absolute Gasteiger partial charge is 0.203 e. The SMILES string of the molecule is C=CCOc1c(OC)cc(C(O)(c2cc(OC)c(OCC=C)c(OC)c2)C(C)C=C)cc1OC. The van der Waals surface area contributed by atoms with Gasteiger partial charge in [-0.1, -0.05) is 38.3 Å². The average Bonchev–Trinajstić information content (AvgIpc) is 2.88. The molecule has 0 radical (unpaired) electrons. The highest BCUT2D eigenvalue weighted by atomic mass is 16.5. The Morgan fingerprint density at radius 2 is 1.06 bits per heavy atom. The molecule has 2 rings (SSSR count). The highest BCUT2D eigenvalue weighted by molar-refractivity contribution is 5.60. The fourth-order valence-electron chi connectivity index (χ4n) is 3.63. The number of hydrogen-bond donors (Lipinski definition) is 1. The molecule has 0 heterocycles. The van der Waals surface area contributed by atoms with E-state index in [1.54, 1.807) is 42.5 Å². The van der Waals surface area contributed by atoms with Crippen molar-refractivity contribution in [1.29, 1.82) is 0 Å². The Kier molecular flexibility index (Phi) is 9.45. The molecular formula is C27H34O7. The van der Waals surface area contributed by atoms with Crippen molar-refractivity contribution in [3.63, 3.8) is 0 Å². The van der Waals surface area contributed by atoms with E-state index >= 15 is 0 Å². The van der Waals surface area contributed by atoms with Crippen LogP contribution in [0.1, 0.15) is 18.1 Å². The summed E-state index contributed by atoms with van der Waals surface area (Å²) in [7, 11) is 6.08. The maximum atomic E-state index is 12.2. The first-order valence-corrected chi connectivity index (χ1v) is 10.7. The van der Waals surface area contributed by atoms with Crippen molar-refractivity contribution in [2.24, 2.45) is 5.92 Å². The fourth-order valence-corrected chi connectivity index (χ4v) is 3.63. The van der Waals surface area contributed by atoms with Gasteiger partial charge in [0.2, 0.25) is 11.5 Å². The average molecular weight is 471 g/mol. The molecule has 0 aromatic heterocycles. The van der Waals surface area contributed by atoms with Crippen LogP contribution in [0.15, 0.2) is 62.2 Å². The quantitative estimate of drug-likeness (QED) is 0.393. The molecular weight excluding hydrogens is 436 g/mol. The number of aliphatic hydroxyl groups is 1. The van der Waals surface area contributed by atoms with E-state index in [2.05, 4.69) is 19.7 Å². The summed E-state index contributed by atoms with van der Waals surface area (Å²) in [4.78, 5) is 0. The van der Waals surface area contributed by atoms with Gasteiger partial charge in [-0.3, -0.25) is 0 Å². The molecule has 0 aliphatic carbocycles. The van der Waals surface area contributed by atoms with Gasteiger partial charge in [-0.05, 0) is 35.4 Å². The van der Waals surface area contributed by atoms with Gasteiger partial charge >= 0.3 is 0 Å². The molecule has 2 aromatic rings. The van der Waals surface area contributed by atoms with Crippen molar-refractivity contribution < 1.29 is 33.5 Å². The third kappa shape index (κ3) is 5.15. The minimum atomic E-state index is -1.56. The minimum Gasteiger partial charge on any atom is -0.493 e. The molecule has 7 nitrogen and oxygen atoms in total. The van der Waals surface area contributed by atoms with Crippen molar-refractivity contribution in [2.45, 2.75) is 12.5 Å². The molecule has 1 N–H and O–H groups in total. The third-order valence-electron chi connectivity index (χ3n) is 5.50. The lowest BCUT2D eigenvalue weighted by Gasteiger charge is -2.35. The van der Waals surface area contributed by atoms with Crippen LogP contribution in [0.25, 0.3) is 0 Å². The molecule has 1 atom stereocenters. The Hall–Kier alpha value is -3.58. The number of ether oxygens (including phenoxy) is 6. The van der Waals surface area contributed by atoms with E-state index in [1.807, 2.05) is 6.92 Å². The largest absolute Gasteiger partial charge is 0.493 e. The van der Waals surface area contributed by atoms with Crippen LogP contribution in [0, 0.1) is 5.92 Å². The Morgan fingerprint density at radius 3 is 1.29 bits per heavy atom. The molecule has 7 heteroatoms. The van der Waals surface area contributed by atoms with Gasteiger partial charge in [0, 0.05) is 5.92 Å². The van der Waals surface area contributed by atoms with Crippen molar-refractivity contribution in [3.8, 4) is 34.5 Å². The van der Waals surface area contributed by atoms with E-state index in [9.17, 15) is 5.11 Å².